The van der Waals surface area contributed by atoms with Gasteiger partial charge < -0.3 is 20.0 Å². The molecule has 0 radical (unpaired) electrons. The number of amides is 3. The number of nitrogens with zero attached hydrogens (tertiary/aromatic N) is 2. The lowest BCUT2D eigenvalue weighted by Crippen LogP contribution is -2.58. The lowest BCUT2D eigenvalue weighted by molar-refractivity contribution is -0.207. The zero-order valence-electron chi connectivity index (χ0n) is 22.9. The molecule has 3 aromatic rings. The maximum absolute atomic E-state index is 13.6. The van der Waals surface area contributed by atoms with Gasteiger partial charge in [-0.05, 0) is 55.7 Å². The third kappa shape index (κ3) is 5.56. The number of carbonyl (C=O) groups excluding carboxylic acids is 3. The molecule has 2 unspecified atom stereocenters. The molecule has 3 atom stereocenters. The number of likely N-dealkylation sites (tertiary alicyclic amines) is 1. The summed E-state index contributed by atoms with van der Waals surface area (Å²) in [7, 11) is 0. The van der Waals surface area contributed by atoms with E-state index in [0.29, 0.717) is 36.4 Å². The first-order chi connectivity index (χ1) is 19.6. The molecule has 6 rings (SSSR count). The summed E-state index contributed by atoms with van der Waals surface area (Å²) >= 11 is 0. The normalized spacial score (nSPS) is 22.5. The zero-order valence-corrected chi connectivity index (χ0v) is 22.9. The van der Waals surface area contributed by atoms with E-state index in [1.165, 1.54) is 0 Å². The Bertz CT molecular complexity index is 1410. The summed E-state index contributed by atoms with van der Waals surface area (Å²) in [5, 5.41) is 5.63. The number of halogens is 2. The minimum absolute atomic E-state index is 0.0893. The fraction of sp³-hybridized carbons (Fsp3) is 0.484. The Morgan fingerprint density at radius 1 is 1.05 bits per heavy atom. The maximum Gasteiger partial charge on any atom is 0.249 e. The molecular formula is C31H34F2N4O4. The monoisotopic (exact) mass is 564 g/mol. The summed E-state index contributed by atoms with van der Waals surface area (Å²) in [6.45, 7) is 2.29. The van der Waals surface area contributed by atoms with Gasteiger partial charge in [-0.15, -0.1) is 0 Å². The largest absolute Gasteiger partial charge is 0.438 e. The Morgan fingerprint density at radius 2 is 1.76 bits per heavy atom. The van der Waals surface area contributed by atoms with E-state index in [1.807, 2.05) is 42.5 Å². The average molecular weight is 565 g/mol. The van der Waals surface area contributed by atoms with Crippen LogP contribution in [0.5, 0.6) is 0 Å². The van der Waals surface area contributed by atoms with E-state index in [0.717, 1.165) is 18.4 Å². The molecular weight excluding hydrogens is 530 g/mol. The number of fused-ring (bicyclic) bond motifs is 1. The van der Waals surface area contributed by atoms with E-state index < -0.39 is 35.2 Å². The van der Waals surface area contributed by atoms with Crippen molar-refractivity contribution in [1.82, 2.24) is 20.5 Å². The third-order valence-corrected chi connectivity index (χ3v) is 8.81. The molecule has 0 bridgehead atoms. The number of hydrogen-bond acceptors (Lipinski definition) is 5. The summed E-state index contributed by atoms with van der Waals surface area (Å²) in [6, 6.07) is 15.2. The number of aromatic nitrogens is 1. The van der Waals surface area contributed by atoms with Crippen LogP contribution in [0.2, 0.25) is 0 Å². The van der Waals surface area contributed by atoms with Gasteiger partial charge in [-0.1, -0.05) is 42.5 Å². The Hall–Kier alpha value is -3.82. The minimum atomic E-state index is -2.65. The maximum atomic E-state index is 13.6. The van der Waals surface area contributed by atoms with Crippen LogP contribution in [-0.4, -0.2) is 46.1 Å². The Balaban J connectivity index is 1.15. The van der Waals surface area contributed by atoms with Gasteiger partial charge in [0.25, 0.3) is 0 Å². The number of nitrogens with one attached hydrogen (secondary N) is 2. The quantitative estimate of drug-likeness (QED) is 0.398. The molecule has 2 heterocycles. The fourth-order valence-corrected chi connectivity index (χ4v) is 6.83. The van der Waals surface area contributed by atoms with Crippen LogP contribution in [-0.2, 0) is 14.4 Å². The van der Waals surface area contributed by atoms with Gasteiger partial charge in [0, 0.05) is 25.3 Å². The Kier molecular flexibility index (Phi) is 7.03. The highest BCUT2D eigenvalue weighted by Gasteiger charge is 2.63. The third-order valence-electron chi connectivity index (χ3n) is 8.81. The molecule has 41 heavy (non-hydrogen) atoms. The van der Waals surface area contributed by atoms with E-state index in [1.54, 1.807) is 24.0 Å². The van der Waals surface area contributed by atoms with Crippen molar-refractivity contribution in [2.45, 2.75) is 75.9 Å². The van der Waals surface area contributed by atoms with Crippen LogP contribution in [0.25, 0.3) is 11.1 Å². The van der Waals surface area contributed by atoms with Crippen LogP contribution < -0.4 is 10.6 Å². The van der Waals surface area contributed by atoms with Gasteiger partial charge in [0.1, 0.15) is 17.6 Å². The number of para-hydroxylation sites is 2. The van der Waals surface area contributed by atoms with Crippen molar-refractivity contribution < 1.29 is 27.6 Å². The summed E-state index contributed by atoms with van der Waals surface area (Å²) in [6.07, 6.45) is 1.82. The van der Waals surface area contributed by atoms with Gasteiger partial charge in [0.05, 0.1) is 12.5 Å². The van der Waals surface area contributed by atoms with Gasteiger partial charge in [0.15, 0.2) is 5.58 Å². The van der Waals surface area contributed by atoms with Crippen molar-refractivity contribution in [3.05, 3.63) is 66.1 Å². The zero-order chi connectivity index (χ0) is 28.8. The van der Waals surface area contributed by atoms with Crippen LogP contribution in [0, 0.1) is 11.3 Å². The fourth-order valence-electron chi connectivity index (χ4n) is 6.83. The van der Waals surface area contributed by atoms with Crippen LogP contribution in [0.15, 0.2) is 59.0 Å². The molecule has 10 heteroatoms. The average Bonchev–Trinajstić information content (AvgIpc) is 3.58. The first-order valence-corrected chi connectivity index (χ1v) is 14.3. The molecule has 3 amide bonds. The molecule has 8 nitrogen and oxygen atoms in total. The van der Waals surface area contributed by atoms with Gasteiger partial charge in [-0.3, -0.25) is 14.4 Å². The minimum Gasteiger partial charge on any atom is -0.438 e. The Labute approximate surface area is 236 Å². The number of rotatable bonds is 8. The van der Waals surface area contributed by atoms with Crippen molar-refractivity contribution >= 4 is 28.8 Å². The predicted molar refractivity (Wildman–Crippen MR) is 147 cm³/mol. The van der Waals surface area contributed by atoms with E-state index in [4.69, 9.17) is 4.42 Å². The lowest BCUT2D eigenvalue weighted by Gasteiger charge is -2.56. The Morgan fingerprint density at radius 3 is 2.46 bits per heavy atom. The van der Waals surface area contributed by atoms with Crippen LogP contribution >= 0.6 is 0 Å². The smallest absolute Gasteiger partial charge is 0.249 e. The highest BCUT2D eigenvalue weighted by Crippen LogP contribution is 2.64. The molecule has 3 aliphatic rings. The highest BCUT2D eigenvalue weighted by atomic mass is 19.3. The van der Waals surface area contributed by atoms with Crippen molar-refractivity contribution in [3.8, 4) is 0 Å². The molecule has 1 saturated heterocycles. The van der Waals surface area contributed by atoms with Crippen molar-refractivity contribution in [2.24, 2.45) is 11.3 Å². The second kappa shape index (κ2) is 10.5. The first-order valence-electron chi connectivity index (χ1n) is 14.3. The second-order valence-electron chi connectivity index (χ2n) is 12.0. The topological polar surface area (TPSA) is 105 Å². The van der Waals surface area contributed by atoms with Gasteiger partial charge in [-0.25, -0.2) is 13.8 Å². The predicted octanol–water partition coefficient (Wildman–Crippen LogP) is 5.07. The molecule has 3 fully saturated rings. The molecule has 1 spiro atoms. The van der Waals surface area contributed by atoms with Crippen LogP contribution in [0.4, 0.5) is 8.78 Å². The number of carbonyl (C=O) groups is 3. The number of oxazole rings is 1. The van der Waals surface area contributed by atoms with Crippen LogP contribution in [0.3, 0.4) is 0 Å². The standard InChI is InChI=1S/C31H34F2N4O4/c1-19(29-36-22-10-5-6-12-25(22)41-29)34-28(40)23(35-27(39)21-15-30(16-21)17-31(32,33)18-30)14-26(38)37-13-7-11-24(37)20-8-3-2-4-9-20/h2-6,8-10,12,19,21,23-24H,7,11,13-18H2,1H3,(H,34,40)(H,35,39)/t19?,23?,24-/m1/s1. The van der Waals surface area contributed by atoms with Gasteiger partial charge in [-0.2, -0.15) is 0 Å². The second-order valence-corrected chi connectivity index (χ2v) is 12.0. The summed E-state index contributed by atoms with van der Waals surface area (Å²) in [5.41, 5.74) is 1.80. The summed E-state index contributed by atoms with van der Waals surface area (Å²) in [4.78, 5) is 46.5. The van der Waals surface area contributed by atoms with Crippen molar-refractivity contribution in [3.63, 3.8) is 0 Å². The number of alkyl halides is 2. The number of hydrogen-bond donors (Lipinski definition) is 2. The molecule has 1 aliphatic heterocycles. The molecule has 216 valence electrons. The van der Waals surface area contributed by atoms with E-state index >= 15 is 0 Å². The van der Waals surface area contributed by atoms with Crippen molar-refractivity contribution in [1.29, 1.82) is 0 Å². The molecule has 2 saturated carbocycles. The highest BCUT2D eigenvalue weighted by molar-refractivity contribution is 5.93. The van der Waals surface area contributed by atoms with Gasteiger partial charge >= 0.3 is 0 Å². The lowest BCUT2D eigenvalue weighted by atomic mass is 9.50. The molecule has 2 N–H and O–H groups in total. The summed E-state index contributed by atoms with van der Waals surface area (Å²) in [5.74, 6) is -3.92. The van der Waals surface area contributed by atoms with E-state index in [-0.39, 0.29) is 37.1 Å². The molecule has 2 aliphatic carbocycles. The van der Waals surface area contributed by atoms with Gasteiger partial charge in [0.2, 0.25) is 29.5 Å². The molecule has 2 aromatic carbocycles. The van der Waals surface area contributed by atoms with E-state index in [9.17, 15) is 23.2 Å². The van der Waals surface area contributed by atoms with E-state index in [2.05, 4.69) is 15.6 Å². The van der Waals surface area contributed by atoms with Crippen molar-refractivity contribution in [2.75, 3.05) is 6.54 Å². The SMILES string of the molecule is CC(NC(=O)C(CC(=O)N1CCC[C@@H]1c1ccccc1)NC(=O)C1CC2(C1)CC(F)(F)C2)c1nc2ccccc2o1. The number of benzene rings is 2. The first kappa shape index (κ1) is 27.4. The molecule has 1 aromatic heterocycles. The van der Waals surface area contributed by atoms with Crippen LogP contribution in [0.1, 0.15) is 75.4 Å². The summed E-state index contributed by atoms with van der Waals surface area (Å²) < 4.78 is 32.7.